The molecule has 6 nitrogen and oxygen atoms in total. The fourth-order valence-electron chi connectivity index (χ4n) is 3.11. The summed E-state index contributed by atoms with van der Waals surface area (Å²) < 4.78 is 11.3. The first-order valence-electron chi connectivity index (χ1n) is 9.67. The van der Waals surface area contributed by atoms with E-state index in [2.05, 4.69) is 26.6 Å². The van der Waals surface area contributed by atoms with E-state index in [1.165, 1.54) is 0 Å². The van der Waals surface area contributed by atoms with Crippen LogP contribution in [0, 0.1) is 0 Å². The number of nitrogens with one attached hydrogen (secondary N) is 2. The molecule has 2 N–H and O–H groups in total. The van der Waals surface area contributed by atoms with E-state index in [9.17, 15) is 9.59 Å². The Morgan fingerprint density at radius 3 is 2.29 bits per heavy atom. The number of amides is 2. The van der Waals surface area contributed by atoms with Crippen LogP contribution in [0.3, 0.4) is 0 Å². The fourth-order valence-corrected chi connectivity index (χ4v) is 3.57. The van der Waals surface area contributed by atoms with Crippen LogP contribution in [0.5, 0.6) is 11.5 Å². The molecule has 31 heavy (non-hydrogen) atoms. The van der Waals surface area contributed by atoms with Crippen molar-refractivity contribution in [1.82, 2.24) is 5.32 Å². The van der Waals surface area contributed by atoms with E-state index in [1.807, 2.05) is 24.3 Å². The normalized spacial score (nSPS) is 10.3. The summed E-state index contributed by atoms with van der Waals surface area (Å²) in [5, 5.41) is 5.73. The topological polar surface area (TPSA) is 76.7 Å². The number of halogens is 1. The van der Waals surface area contributed by atoms with E-state index < -0.39 is 0 Å². The van der Waals surface area contributed by atoms with E-state index in [-0.39, 0.29) is 11.8 Å². The second-order valence-electron chi connectivity index (χ2n) is 6.66. The molecule has 0 radical (unpaired) electrons. The molecule has 0 aliphatic carbocycles. The molecule has 7 heteroatoms. The van der Waals surface area contributed by atoms with Gasteiger partial charge in [-0.3, -0.25) is 9.59 Å². The van der Waals surface area contributed by atoms with E-state index >= 15 is 0 Å². The van der Waals surface area contributed by atoms with Gasteiger partial charge in [-0.1, -0.05) is 24.3 Å². The van der Waals surface area contributed by atoms with Gasteiger partial charge >= 0.3 is 0 Å². The summed E-state index contributed by atoms with van der Waals surface area (Å²) in [6.45, 7) is 0.398. The van der Waals surface area contributed by atoms with Gasteiger partial charge in [0.25, 0.3) is 11.8 Å². The summed E-state index contributed by atoms with van der Waals surface area (Å²) >= 11 is 3.38. The Morgan fingerprint density at radius 1 is 0.871 bits per heavy atom. The zero-order chi connectivity index (χ0) is 22.2. The lowest BCUT2D eigenvalue weighted by Gasteiger charge is -2.13. The average Bonchev–Trinajstić information content (AvgIpc) is 2.79. The van der Waals surface area contributed by atoms with Crippen LogP contribution in [0.4, 0.5) is 5.69 Å². The Kier molecular flexibility index (Phi) is 7.67. The Balaban J connectivity index is 1.68. The minimum absolute atomic E-state index is 0.273. The number of carbonyl (C=O) groups excluding carboxylic acids is 2. The van der Waals surface area contributed by atoms with Crippen molar-refractivity contribution in [2.75, 3.05) is 26.1 Å². The highest BCUT2D eigenvalue weighted by Crippen LogP contribution is 2.24. The van der Waals surface area contributed by atoms with Crippen LogP contribution in [-0.4, -0.2) is 32.6 Å². The Bertz CT molecular complexity index is 1080. The molecule has 0 unspecified atom stereocenters. The number of ether oxygens (including phenoxy) is 2. The standard InChI is InChI=1S/C24H23BrN2O4/c1-30-17-11-12-22(31-2)16(15-17)13-14-26-23(28)19-8-4-6-10-21(19)27-24(29)18-7-3-5-9-20(18)25/h3-12,15H,13-14H2,1-2H3,(H,26,28)(H,27,29). The van der Waals surface area contributed by atoms with E-state index in [1.54, 1.807) is 56.7 Å². The van der Waals surface area contributed by atoms with Crippen LogP contribution in [0.2, 0.25) is 0 Å². The molecule has 0 saturated carbocycles. The maximum absolute atomic E-state index is 12.8. The van der Waals surface area contributed by atoms with Crippen molar-refractivity contribution in [3.63, 3.8) is 0 Å². The number of hydrogen-bond donors (Lipinski definition) is 2. The minimum Gasteiger partial charge on any atom is -0.497 e. The lowest BCUT2D eigenvalue weighted by molar-refractivity contribution is 0.0955. The predicted octanol–water partition coefficient (Wildman–Crippen LogP) is 4.69. The number of rotatable bonds is 8. The molecule has 3 aromatic rings. The first-order chi connectivity index (χ1) is 15.0. The Hall–Kier alpha value is -3.32. The number of anilines is 1. The summed E-state index contributed by atoms with van der Waals surface area (Å²) in [4.78, 5) is 25.4. The van der Waals surface area contributed by atoms with Gasteiger partial charge in [-0.05, 0) is 70.4 Å². The lowest BCUT2D eigenvalue weighted by atomic mass is 10.1. The van der Waals surface area contributed by atoms with E-state index in [0.29, 0.717) is 34.3 Å². The van der Waals surface area contributed by atoms with Gasteiger partial charge in [0.15, 0.2) is 0 Å². The summed E-state index contributed by atoms with van der Waals surface area (Å²) in [7, 11) is 3.21. The van der Waals surface area contributed by atoms with E-state index in [0.717, 1.165) is 17.1 Å². The molecule has 3 aromatic carbocycles. The highest BCUT2D eigenvalue weighted by Gasteiger charge is 2.15. The lowest BCUT2D eigenvalue weighted by Crippen LogP contribution is -2.27. The first kappa shape index (κ1) is 22.4. The number of hydrogen-bond acceptors (Lipinski definition) is 4. The second-order valence-corrected chi connectivity index (χ2v) is 7.52. The molecule has 0 fully saturated rings. The van der Waals surface area contributed by atoms with Crippen molar-refractivity contribution in [2.45, 2.75) is 6.42 Å². The summed E-state index contributed by atoms with van der Waals surface area (Å²) in [6, 6.07) is 19.6. The number of para-hydroxylation sites is 1. The van der Waals surface area contributed by atoms with Crippen molar-refractivity contribution >= 4 is 33.4 Å². The van der Waals surface area contributed by atoms with Crippen molar-refractivity contribution in [3.8, 4) is 11.5 Å². The molecule has 0 atom stereocenters. The van der Waals surface area contributed by atoms with Gasteiger partial charge in [0, 0.05) is 11.0 Å². The molecule has 0 aliphatic heterocycles. The van der Waals surface area contributed by atoms with E-state index in [4.69, 9.17) is 9.47 Å². The van der Waals surface area contributed by atoms with Crippen molar-refractivity contribution in [2.24, 2.45) is 0 Å². The highest BCUT2D eigenvalue weighted by molar-refractivity contribution is 9.10. The quantitative estimate of drug-likeness (QED) is 0.488. The molecule has 0 aromatic heterocycles. The zero-order valence-corrected chi connectivity index (χ0v) is 18.9. The van der Waals surface area contributed by atoms with Crippen LogP contribution >= 0.6 is 15.9 Å². The number of carbonyl (C=O) groups is 2. The van der Waals surface area contributed by atoms with Gasteiger partial charge in [0.05, 0.1) is 31.0 Å². The molecule has 0 saturated heterocycles. The molecule has 0 bridgehead atoms. The van der Waals surface area contributed by atoms with Crippen LogP contribution in [0.25, 0.3) is 0 Å². The maximum atomic E-state index is 12.8. The maximum Gasteiger partial charge on any atom is 0.256 e. The third-order valence-electron chi connectivity index (χ3n) is 4.71. The van der Waals surface area contributed by atoms with Crippen LogP contribution in [-0.2, 0) is 6.42 Å². The molecule has 0 aliphatic rings. The first-order valence-corrected chi connectivity index (χ1v) is 10.5. The molecule has 0 heterocycles. The van der Waals surface area contributed by atoms with Gasteiger partial charge < -0.3 is 20.1 Å². The number of benzene rings is 3. The second kappa shape index (κ2) is 10.6. The SMILES string of the molecule is COc1ccc(OC)c(CCNC(=O)c2ccccc2NC(=O)c2ccccc2Br)c1. The van der Waals surface area contributed by atoms with Crippen LogP contribution < -0.4 is 20.1 Å². The Morgan fingerprint density at radius 2 is 1.58 bits per heavy atom. The van der Waals surface area contributed by atoms with Gasteiger partial charge in [0.2, 0.25) is 0 Å². The smallest absolute Gasteiger partial charge is 0.256 e. The molecule has 2 amide bonds. The summed E-state index contributed by atoms with van der Waals surface area (Å²) in [5.41, 5.74) is 2.25. The summed E-state index contributed by atoms with van der Waals surface area (Å²) in [6.07, 6.45) is 0.567. The predicted molar refractivity (Wildman–Crippen MR) is 124 cm³/mol. The largest absolute Gasteiger partial charge is 0.497 e. The molecule has 3 rings (SSSR count). The monoisotopic (exact) mass is 482 g/mol. The molecule has 160 valence electrons. The molecule has 0 spiro atoms. The zero-order valence-electron chi connectivity index (χ0n) is 17.3. The van der Waals surface area contributed by atoms with Gasteiger partial charge in [-0.2, -0.15) is 0 Å². The third-order valence-corrected chi connectivity index (χ3v) is 5.40. The fraction of sp³-hybridized carbons (Fsp3) is 0.167. The van der Waals surface area contributed by atoms with Gasteiger partial charge in [0.1, 0.15) is 11.5 Å². The third kappa shape index (κ3) is 5.64. The van der Waals surface area contributed by atoms with Crippen LogP contribution in [0.1, 0.15) is 26.3 Å². The van der Waals surface area contributed by atoms with Gasteiger partial charge in [-0.25, -0.2) is 0 Å². The Labute approximate surface area is 189 Å². The average molecular weight is 483 g/mol. The highest BCUT2D eigenvalue weighted by atomic mass is 79.9. The number of methoxy groups -OCH3 is 2. The molecular weight excluding hydrogens is 460 g/mol. The van der Waals surface area contributed by atoms with Gasteiger partial charge in [-0.15, -0.1) is 0 Å². The van der Waals surface area contributed by atoms with Crippen molar-refractivity contribution in [3.05, 3.63) is 87.9 Å². The van der Waals surface area contributed by atoms with Crippen LogP contribution in [0.15, 0.2) is 71.2 Å². The molecular formula is C24H23BrN2O4. The summed E-state index contributed by atoms with van der Waals surface area (Å²) in [5.74, 6) is 0.886. The van der Waals surface area contributed by atoms with Crippen molar-refractivity contribution in [1.29, 1.82) is 0 Å². The van der Waals surface area contributed by atoms with Crippen molar-refractivity contribution < 1.29 is 19.1 Å². The minimum atomic E-state index is -0.297.